The van der Waals surface area contributed by atoms with Crippen molar-refractivity contribution in [3.05, 3.63) is 57.0 Å². The van der Waals surface area contributed by atoms with Crippen molar-refractivity contribution >= 4 is 39.1 Å². The van der Waals surface area contributed by atoms with Crippen molar-refractivity contribution < 1.29 is 18.7 Å². The molecule has 0 aliphatic rings. The molecule has 2 rings (SSSR count). The molecule has 104 valence electrons. The molecule has 2 N–H and O–H groups in total. The molecule has 0 radical (unpaired) electrons. The second kappa shape index (κ2) is 5.76. The third-order valence-corrected chi connectivity index (χ3v) is 3.38. The Hall–Kier alpha value is -1.66. The molecule has 0 spiro atoms. The van der Waals surface area contributed by atoms with Crippen LogP contribution in [0.15, 0.2) is 34.8 Å². The SMILES string of the molecule is O=C(Nc1c(F)cc(F)cc1Br)c1ccc(O)c(Cl)c1. The largest absolute Gasteiger partial charge is 0.506 e. The van der Waals surface area contributed by atoms with E-state index in [0.29, 0.717) is 6.07 Å². The van der Waals surface area contributed by atoms with Crippen LogP contribution in [0, 0.1) is 11.6 Å². The van der Waals surface area contributed by atoms with Crippen LogP contribution in [0.3, 0.4) is 0 Å². The normalized spacial score (nSPS) is 10.4. The molecule has 0 aliphatic heterocycles. The van der Waals surface area contributed by atoms with E-state index < -0.39 is 17.5 Å². The van der Waals surface area contributed by atoms with Gasteiger partial charge in [-0.25, -0.2) is 8.78 Å². The molecule has 1 amide bonds. The Morgan fingerprint density at radius 1 is 1.25 bits per heavy atom. The number of hydrogen-bond donors (Lipinski definition) is 2. The molecular weight excluding hydrogens is 356 g/mol. The zero-order valence-electron chi connectivity index (χ0n) is 9.75. The van der Waals surface area contributed by atoms with Gasteiger partial charge in [0.15, 0.2) is 5.82 Å². The average molecular weight is 363 g/mol. The Bertz CT molecular complexity index is 671. The van der Waals surface area contributed by atoms with Crippen LogP contribution < -0.4 is 5.32 Å². The number of nitrogens with one attached hydrogen (secondary N) is 1. The molecule has 0 heterocycles. The Morgan fingerprint density at radius 3 is 2.55 bits per heavy atom. The lowest BCUT2D eigenvalue weighted by atomic mass is 10.2. The summed E-state index contributed by atoms with van der Waals surface area (Å²) >= 11 is 8.65. The molecule has 0 aliphatic carbocycles. The number of rotatable bonds is 2. The fraction of sp³-hybridized carbons (Fsp3) is 0. The maximum Gasteiger partial charge on any atom is 0.255 e. The second-order valence-electron chi connectivity index (χ2n) is 3.86. The van der Waals surface area contributed by atoms with Crippen molar-refractivity contribution in [3.63, 3.8) is 0 Å². The van der Waals surface area contributed by atoms with E-state index in [1.54, 1.807) is 0 Å². The lowest BCUT2D eigenvalue weighted by molar-refractivity contribution is 0.102. The van der Waals surface area contributed by atoms with Crippen LogP contribution >= 0.6 is 27.5 Å². The molecule has 2 aromatic rings. The summed E-state index contributed by atoms with van der Waals surface area (Å²) in [6.45, 7) is 0. The van der Waals surface area contributed by atoms with E-state index in [1.807, 2.05) is 0 Å². The van der Waals surface area contributed by atoms with Gasteiger partial charge in [0.2, 0.25) is 0 Å². The summed E-state index contributed by atoms with van der Waals surface area (Å²) in [6, 6.07) is 5.49. The van der Waals surface area contributed by atoms with Gasteiger partial charge in [0.1, 0.15) is 11.6 Å². The molecule has 3 nitrogen and oxygen atoms in total. The molecule has 0 atom stereocenters. The summed E-state index contributed by atoms with van der Waals surface area (Å²) in [6.07, 6.45) is 0. The van der Waals surface area contributed by atoms with E-state index in [2.05, 4.69) is 21.2 Å². The summed E-state index contributed by atoms with van der Waals surface area (Å²) in [5, 5.41) is 11.6. The first-order valence-electron chi connectivity index (χ1n) is 5.33. The molecular formula is C13H7BrClF2NO2. The second-order valence-corrected chi connectivity index (χ2v) is 5.13. The lowest BCUT2D eigenvalue weighted by Crippen LogP contribution is -2.13. The summed E-state index contributed by atoms with van der Waals surface area (Å²) in [5.74, 6) is -2.48. The first kappa shape index (κ1) is 14.7. The van der Waals surface area contributed by atoms with Gasteiger partial charge in [-0.05, 0) is 40.2 Å². The Labute approximate surface area is 126 Å². The van der Waals surface area contributed by atoms with E-state index >= 15 is 0 Å². The van der Waals surface area contributed by atoms with E-state index in [4.69, 9.17) is 11.6 Å². The van der Waals surface area contributed by atoms with Gasteiger partial charge in [0, 0.05) is 16.1 Å². The molecule has 0 saturated carbocycles. The van der Waals surface area contributed by atoms with E-state index in [1.165, 1.54) is 18.2 Å². The van der Waals surface area contributed by atoms with Crippen molar-refractivity contribution in [1.82, 2.24) is 0 Å². The molecule has 0 unspecified atom stereocenters. The number of halogens is 4. The highest BCUT2D eigenvalue weighted by atomic mass is 79.9. The third-order valence-electron chi connectivity index (χ3n) is 2.46. The van der Waals surface area contributed by atoms with Crippen LogP contribution in [-0.4, -0.2) is 11.0 Å². The number of phenolic OH excluding ortho intramolecular Hbond substituents is 1. The Kier molecular flexibility index (Phi) is 4.25. The summed E-state index contributed by atoms with van der Waals surface area (Å²) in [7, 11) is 0. The smallest absolute Gasteiger partial charge is 0.255 e. The zero-order chi connectivity index (χ0) is 14.9. The summed E-state index contributed by atoms with van der Waals surface area (Å²) in [5.41, 5.74) is -0.0518. The molecule has 0 bridgehead atoms. The van der Waals surface area contributed by atoms with Crippen LogP contribution in [-0.2, 0) is 0 Å². The predicted octanol–water partition coefficient (Wildman–Crippen LogP) is 4.34. The van der Waals surface area contributed by atoms with Crippen LogP contribution in [0.4, 0.5) is 14.5 Å². The van der Waals surface area contributed by atoms with Gasteiger partial charge in [-0.1, -0.05) is 11.6 Å². The van der Waals surface area contributed by atoms with Gasteiger partial charge in [-0.3, -0.25) is 4.79 Å². The van der Waals surface area contributed by atoms with Gasteiger partial charge < -0.3 is 10.4 Å². The van der Waals surface area contributed by atoms with Crippen LogP contribution in [0.1, 0.15) is 10.4 Å². The predicted molar refractivity (Wildman–Crippen MR) is 75.1 cm³/mol. The van der Waals surface area contributed by atoms with E-state index in [9.17, 15) is 18.7 Å². The third kappa shape index (κ3) is 3.08. The standard InChI is InChI=1S/C13H7BrClF2NO2/c14-8-4-7(16)5-10(17)12(8)18-13(20)6-1-2-11(19)9(15)3-6/h1-5,19H,(H,18,20). The highest BCUT2D eigenvalue weighted by Crippen LogP contribution is 2.28. The fourth-order valence-corrected chi connectivity index (χ4v) is 2.18. The van der Waals surface area contributed by atoms with Gasteiger partial charge in [-0.15, -0.1) is 0 Å². The van der Waals surface area contributed by atoms with Crippen molar-refractivity contribution in [2.75, 3.05) is 5.32 Å². The highest BCUT2D eigenvalue weighted by molar-refractivity contribution is 9.10. The molecule has 0 saturated heterocycles. The van der Waals surface area contributed by atoms with E-state index in [0.717, 1.165) is 6.07 Å². The molecule has 0 aromatic heterocycles. The van der Waals surface area contributed by atoms with Crippen molar-refractivity contribution in [3.8, 4) is 5.75 Å². The van der Waals surface area contributed by atoms with Crippen molar-refractivity contribution in [2.24, 2.45) is 0 Å². The average Bonchev–Trinajstić information content (AvgIpc) is 2.36. The number of carbonyl (C=O) groups excluding carboxylic acids is 1. The maximum atomic E-state index is 13.6. The Morgan fingerprint density at radius 2 is 1.95 bits per heavy atom. The molecule has 0 fully saturated rings. The number of benzene rings is 2. The monoisotopic (exact) mass is 361 g/mol. The summed E-state index contributed by atoms with van der Waals surface area (Å²) in [4.78, 5) is 11.9. The van der Waals surface area contributed by atoms with E-state index in [-0.39, 0.29) is 26.5 Å². The molecule has 2 aromatic carbocycles. The fourth-order valence-electron chi connectivity index (χ4n) is 1.50. The number of amides is 1. The van der Waals surface area contributed by atoms with Crippen molar-refractivity contribution in [1.29, 1.82) is 0 Å². The zero-order valence-corrected chi connectivity index (χ0v) is 12.1. The molecule has 20 heavy (non-hydrogen) atoms. The quantitative estimate of drug-likeness (QED) is 0.835. The number of hydrogen-bond acceptors (Lipinski definition) is 2. The lowest BCUT2D eigenvalue weighted by Gasteiger charge is -2.09. The minimum atomic E-state index is -0.907. The number of aromatic hydroxyl groups is 1. The minimum absolute atomic E-state index is 0.00343. The number of carbonyl (C=O) groups is 1. The first-order valence-corrected chi connectivity index (χ1v) is 6.50. The van der Waals surface area contributed by atoms with Gasteiger partial charge in [0.25, 0.3) is 5.91 Å². The highest BCUT2D eigenvalue weighted by Gasteiger charge is 2.14. The number of phenols is 1. The Balaban J connectivity index is 2.30. The van der Waals surface area contributed by atoms with Gasteiger partial charge >= 0.3 is 0 Å². The minimum Gasteiger partial charge on any atom is -0.506 e. The summed E-state index contributed by atoms with van der Waals surface area (Å²) < 4.78 is 26.6. The van der Waals surface area contributed by atoms with Gasteiger partial charge in [0.05, 0.1) is 10.7 Å². The molecule has 7 heteroatoms. The maximum absolute atomic E-state index is 13.6. The van der Waals surface area contributed by atoms with Crippen LogP contribution in [0.25, 0.3) is 0 Å². The first-order chi connectivity index (χ1) is 9.38. The van der Waals surface area contributed by atoms with Gasteiger partial charge in [-0.2, -0.15) is 0 Å². The number of anilines is 1. The van der Waals surface area contributed by atoms with Crippen LogP contribution in [0.2, 0.25) is 5.02 Å². The van der Waals surface area contributed by atoms with Crippen LogP contribution in [0.5, 0.6) is 5.75 Å². The van der Waals surface area contributed by atoms with Crippen molar-refractivity contribution in [2.45, 2.75) is 0 Å². The topological polar surface area (TPSA) is 49.3 Å².